The second-order valence-electron chi connectivity index (χ2n) is 9.69. The van der Waals surface area contributed by atoms with Gasteiger partial charge in [0.25, 0.3) is 0 Å². The first-order valence-corrected chi connectivity index (χ1v) is 12.2. The highest BCUT2D eigenvalue weighted by molar-refractivity contribution is 5.80. The maximum atomic E-state index is 13.5. The predicted molar refractivity (Wildman–Crippen MR) is 122 cm³/mol. The average Bonchev–Trinajstić information content (AvgIpc) is 3.14. The van der Waals surface area contributed by atoms with Crippen molar-refractivity contribution in [2.45, 2.75) is 76.0 Å². The minimum atomic E-state index is -0.377. The first kappa shape index (κ1) is 22.1. The number of piperidine rings is 1. The Labute approximate surface area is 191 Å². The van der Waals surface area contributed by atoms with Crippen molar-refractivity contribution in [3.63, 3.8) is 0 Å². The lowest BCUT2D eigenvalue weighted by Crippen LogP contribution is -2.62. The van der Waals surface area contributed by atoms with Gasteiger partial charge in [0.05, 0.1) is 23.1 Å². The van der Waals surface area contributed by atoms with E-state index in [1.807, 2.05) is 4.90 Å². The van der Waals surface area contributed by atoms with Crippen LogP contribution in [0.4, 0.5) is 4.39 Å². The van der Waals surface area contributed by atoms with Crippen molar-refractivity contribution in [3.8, 4) is 0 Å². The maximum Gasteiger partial charge on any atom is 0.326 e. The number of hydrogen-bond acceptors (Lipinski definition) is 4. The summed E-state index contributed by atoms with van der Waals surface area (Å²) in [5, 5.41) is 6.65. The van der Waals surface area contributed by atoms with Gasteiger partial charge in [-0.1, -0.05) is 12.8 Å². The summed E-state index contributed by atoms with van der Waals surface area (Å²) in [4.78, 5) is 42.1. The quantitative estimate of drug-likeness (QED) is 0.642. The molecule has 1 aromatic heterocycles. The van der Waals surface area contributed by atoms with Crippen LogP contribution in [0.3, 0.4) is 0 Å². The molecule has 2 saturated heterocycles. The van der Waals surface area contributed by atoms with Gasteiger partial charge in [0.15, 0.2) is 0 Å². The van der Waals surface area contributed by atoms with Crippen LogP contribution in [0.2, 0.25) is 0 Å². The van der Waals surface area contributed by atoms with Gasteiger partial charge in [0.2, 0.25) is 11.8 Å². The number of H-pyrrole nitrogens is 1. The normalized spacial score (nSPS) is 26.3. The number of amides is 2. The Bertz CT molecular complexity index is 1090. The van der Waals surface area contributed by atoms with Gasteiger partial charge in [0.1, 0.15) is 5.82 Å². The molecule has 2 amide bonds. The Morgan fingerprint density at radius 2 is 1.88 bits per heavy atom. The maximum absolute atomic E-state index is 13.5. The van der Waals surface area contributed by atoms with E-state index in [0.29, 0.717) is 43.4 Å². The fourth-order valence-corrected chi connectivity index (χ4v) is 5.83. The predicted octanol–water partition coefficient (Wildman–Crippen LogP) is 2.41. The van der Waals surface area contributed by atoms with Gasteiger partial charge in [-0.15, -0.1) is 0 Å². The molecule has 2 aliphatic heterocycles. The summed E-state index contributed by atoms with van der Waals surface area (Å²) in [5.41, 5.74) is 0.970. The summed E-state index contributed by atoms with van der Waals surface area (Å²) in [7, 11) is 0. The summed E-state index contributed by atoms with van der Waals surface area (Å²) in [6.07, 6.45) is 7.58. The number of carbonyl (C=O) groups excluding carboxylic acids is 2. The van der Waals surface area contributed by atoms with E-state index in [4.69, 9.17) is 0 Å². The monoisotopic (exact) mass is 457 g/mol. The van der Waals surface area contributed by atoms with Crippen molar-refractivity contribution < 1.29 is 14.0 Å². The zero-order valence-corrected chi connectivity index (χ0v) is 18.8. The Morgan fingerprint density at radius 3 is 2.70 bits per heavy atom. The SMILES string of the molecule is O=C1NC(CCCC(=O)N2CCC(n3c(=O)[nH]c4cc(F)ccc43)CC2)NC2CCCCC12. The number of hydrogen-bond donors (Lipinski definition) is 3. The van der Waals surface area contributed by atoms with Gasteiger partial charge >= 0.3 is 5.69 Å². The molecule has 0 radical (unpaired) electrons. The number of fused-ring (bicyclic) bond motifs is 2. The summed E-state index contributed by atoms with van der Waals surface area (Å²) < 4.78 is 15.2. The zero-order valence-electron chi connectivity index (χ0n) is 18.8. The average molecular weight is 458 g/mol. The third-order valence-electron chi connectivity index (χ3n) is 7.58. The van der Waals surface area contributed by atoms with Crippen LogP contribution in [0.15, 0.2) is 23.0 Å². The smallest absolute Gasteiger partial charge is 0.326 e. The molecule has 5 rings (SSSR count). The Balaban J connectivity index is 1.10. The van der Waals surface area contributed by atoms with Gasteiger partial charge in [-0.2, -0.15) is 0 Å². The molecule has 33 heavy (non-hydrogen) atoms. The topological polar surface area (TPSA) is 99.2 Å². The Morgan fingerprint density at radius 1 is 1.09 bits per heavy atom. The molecule has 9 heteroatoms. The van der Waals surface area contributed by atoms with Crippen LogP contribution in [0, 0.1) is 11.7 Å². The second-order valence-corrected chi connectivity index (χ2v) is 9.69. The van der Waals surface area contributed by atoms with Crippen molar-refractivity contribution >= 4 is 22.8 Å². The lowest BCUT2D eigenvalue weighted by Gasteiger charge is -2.40. The largest absolute Gasteiger partial charge is 0.343 e. The van der Waals surface area contributed by atoms with Gasteiger partial charge in [-0.05, 0) is 56.7 Å². The highest BCUT2D eigenvalue weighted by Gasteiger charge is 2.37. The highest BCUT2D eigenvalue weighted by Crippen LogP contribution is 2.28. The minimum Gasteiger partial charge on any atom is -0.343 e. The summed E-state index contributed by atoms with van der Waals surface area (Å²) >= 11 is 0. The van der Waals surface area contributed by atoms with E-state index in [1.54, 1.807) is 10.6 Å². The van der Waals surface area contributed by atoms with Crippen molar-refractivity contribution in [2.24, 2.45) is 5.92 Å². The third kappa shape index (κ3) is 4.55. The number of rotatable bonds is 5. The Kier molecular flexibility index (Phi) is 6.23. The molecule has 1 saturated carbocycles. The zero-order chi connectivity index (χ0) is 22.9. The van der Waals surface area contributed by atoms with Crippen LogP contribution in [0.25, 0.3) is 11.0 Å². The molecular weight excluding hydrogens is 425 g/mol. The van der Waals surface area contributed by atoms with E-state index in [2.05, 4.69) is 15.6 Å². The summed E-state index contributed by atoms with van der Waals surface area (Å²) in [6.45, 7) is 1.21. The number of benzene rings is 1. The van der Waals surface area contributed by atoms with Crippen LogP contribution >= 0.6 is 0 Å². The van der Waals surface area contributed by atoms with E-state index in [0.717, 1.165) is 32.1 Å². The second kappa shape index (κ2) is 9.29. The van der Waals surface area contributed by atoms with Crippen molar-refractivity contribution in [2.75, 3.05) is 13.1 Å². The fourth-order valence-electron chi connectivity index (χ4n) is 5.83. The van der Waals surface area contributed by atoms with Crippen LogP contribution in [-0.4, -0.2) is 51.6 Å². The van der Waals surface area contributed by atoms with Crippen molar-refractivity contribution in [3.05, 3.63) is 34.5 Å². The van der Waals surface area contributed by atoms with E-state index >= 15 is 0 Å². The minimum absolute atomic E-state index is 0.00847. The van der Waals surface area contributed by atoms with Crippen molar-refractivity contribution in [1.82, 2.24) is 25.1 Å². The van der Waals surface area contributed by atoms with E-state index < -0.39 is 0 Å². The third-order valence-corrected chi connectivity index (χ3v) is 7.58. The number of nitrogens with zero attached hydrogens (tertiary/aromatic N) is 2. The van der Waals surface area contributed by atoms with E-state index in [9.17, 15) is 18.8 Å². The Hall–Kier alpha value is -2.68. The first-order valence-electron chi connectivity index (χ1n) is 12.2. The number of aromatic nitrogens is 2. The molecule has 0 spiro atoms. The molecule has 8 nitrogen and oxygen atoms in total. The number of halogens is 1. The van der Waals surface area contributed by atoms with Gasteiger partial charge < -0.3 is 15.2 Å². The fraction of sp³-hybridized carbons (Fsp3) is 0.625. The van der Waals surface area contributed by atoms with Gasteiger partial charge in [-0.25, -0.2) is 9.18 Å². The molecule has 178 valence electrons. The highest BCUT2D eigenvalue weighted by atomic mass is 19.1. The molecule has 3 atom stereocenters. The molecule has 3 fully saturated rings. The number of carbonyl (C=O) groups is 2. The van der Waals surface area contributed by atoms with E-state index in [1.165, 1.54) is 18.6 Å². The molecule has 2 aromatic rings. The summed E-state index contributed by atoms with van der Waals surface area (Å²) in [5.74, 6) is 0.00561. The first-order chi connectivity index (χ1) is 16.0. The number of imidazole rings is 1. The van der Waals surface area contributed by atoms with Gasteiger partial charge in [-0.3, -0.25) is 19.5 Å². The lowest BCUT2D eigenvalue weighted by molar-refractivity contribution is -0.132. The molecule has 0 bridgehead atoms. The lowest BCUT2D eigenvalue weighted by atomic mass is 9.82. The molecular formula is C24H32FN5O3. The number of likely N-dealkylation sites (tertiary alicyclic amines) is 1. The van der Waals surface area contributed by atoms with E-state index in [-0.39, 0.29) is 47.5 Å². The standard InChI is InChI=1S/C24H32FN5O3/c25-15-8-9-20-19(14-15)27-24(33)30(20)16-10-12-29(13-11-16)22(31)7-3-6-21-26-18-5-2-1-4-17(18)23(32)28-21/h8-9,14,16-18,21,26H,1-7,10-13H2,(H,27,33)(H,28,32). The molecule has 3 heterocycles. The molecule has 3 aliphatic rings. The van der Waals surface area contributed by atoms with Crippen LogP contribution in [0.5, 0.6) is 0 Å². The number of nitrogens with one attached hydrogen (secondary N) is 3. The molecule has 1 aromatic carbocycles. The van der Waals surface area contributed by atoms with Crippen molar-refractivity contribution in [1.29, 1.82) is 0 Å². The summed E-state index contributed by atoms with van der Waals surface area (Å²) in [6, 6.07) is 4.60. The van der Waals surface area contributed by atoms with Crippen LogP contribution < -0.4 is 16.3 Å². The van der Waals surface area contributed by atoms with Crippen LogP contribution in [-0.2, 0) is 9.59 Å². The molecule has 1 aliphatic carbocycles. The van der Waals surface area contributed by atoms with Gasteiger partial charge in [0, 0.05) is 31.6 Å². The molecule has 3 unspecified atom stereocenters. The molecule has 3 N–H and O–H groups in total. The van der Waals surface area contributed by atoms with Crippen LogP contribution in [0.1, 0.15) is 63.8 Å². The number of aromatic amines is 1.